The van der Waals surface area contributed by atoms with Gasteiger partial charge < -0.3 is 16.0 Å². The quantitative estimate of drug-likeness (QED) is 0.495. The molecule has 3 N–H and O–H groups in total. The molecule has 0 atom stereocenters. The molecule has 0 aliphatic heterocycles. The Morgan fingerprint density at radius 1 is 1.04 bits per heavy atom. The molecule has 0 saturated carbocycles. The summed E-state index contributed by atoms with van der Waals surface area (Å²) in [6, 6.07) is 7.46. The molecule has 0 heterocycles. The average molecular weight is 364 g/mol. The monoisotopic (exact) mass is 363 g/mol. The van der Waals surface area contributed by atoms with Gasteiger partial charge in [-0.15, -0.1) is 24.8 Å². The third-order valence-electron chi connectivity index (χ3n) is 3.40. The number of nitrogens with two attached hydrogens (primary N) is 1. The van der Waals surface area contributed by atoms with Crippen molar-refractivity contribution in [3.8, 4) is 0 Å². The average Bonchev–Trinajstić information content (AvgIpc) is 2.46. The molecule has 6 heteroatoms. The molecule has 0 aromatic heterocycles. The van der Waals surface area contributed by atoms with E-state index in [1.54, 1.807) is 0 Å². The standard InChI is InChI=1S/C17H29N3O.2ClH/c1-3-11-20(12-4-2)13-5-10-19-17(21)14-15-6-8-16(18)9-7-15;;/h6-9H,3-5,10-14,18H2,1-2H3,(H,19,21);2*1H. The first-order valence-corrected chi connectivity index (χ1v) is 7.99. The van der Waals surface area contributed by atoms with E-state index in [9.17, 15) is 4.79 Å². The van der Waals surface area contributed by atoms with Crippen LogP contribution in [0.5, 0.6) is 0 Å². The number of amides is 1. The summed E-state index contributed by atoms with van der Waals surface area (Å²) in [7, 11) is 0. The van der Waals surface area contributed by atoms with E-state index in [0.29, 0.717) is 6.42 Å². The highest BCUT2D eigenvalue weighted by Crippen LogP contribution is 2.05. The molecule has 1 rings (SSSR count). The Morgan fingerprint density at radius 2 is 1.61 bits per heavy atom. The van der Waals surface area contributed by atoms with Gasteiger partial charge in [0.2, 0.25) is 5.91 Å². The van der Waals surface area contributed by atoms with Crippen molar-refractivity contribution < 1.29 is 4.79 Å². The lowest BCUT2D eigenvalue weighted by molar-refractivity contribution is -0.120. The van der Waals surface area contributed by atoms with Gasteiger partial charge in [0.25, 0.3) is 0 Å². The van der Waals surface area contributed by atoms with Gasteiger partial charge in [0, 0.05) is 12.2 Å². The Balaban J connectivity index is 0. The van der Waals surface area contributed by atoms with Crippen LogP contribution in [0.4, 0.5) is 5.69 Å². The maximum Gasteiger partial charge on any atom is 0.224 e. The lowest BCUT2D eigenvalue weighted by Crippen LogP contribution is -2.31. The van der Waals surface area contributed by atoms with Crippen molar-refractivity contribution in [1.82, 2.24) is 10.2 Å². The summed E-state index contributed by atoms with van der Waals surface area (Å²) >= 11 is 0. The van der Waals surface area contributed by atoms with E-state index in [1.807, 2.05) is 24.3 Å². The highest BCUT2D eigenvalue weighted by Gasteiger charge is 2.04. The number of nitrogens with zero attached hydrogens (tertiary/aromatic N) is 1. The number of rotatable bonds is 10. The molecule has 1 amide bonds. The minimum absolute atomic E-state index is 0. The van der Waals surface area contributed by atoms with E-state index in [0.717, 1.165) is 43.9 Å². The number of carbonyl (C=O) groups excluding carboxylic acids is 1. The molecule has 1 aromatic rings. The topological polar surface area (TPSA) is 58.4 Å². The first-order chi connectivity index (χ1) is 10.2. The highest BCUT2D eigenvalue weighted by molar-refractivity contribution is 5.85. The maximum atomic E-state index is 11.8. The van der Waals surface area contributed by atoms with Gasteiger partial charge in [0.1, 0.15) is 0 Å². The molecule has 23 heavy (non-hydrogen) atoms. The summed E-state index contributed by atoms with van der Waals surface area (Å²) in [4.78, 5) is 14.3. The fourth-order valence-corrected chi connectivity index (χ4v) is 2.38. The van der Waals surface area contributed by atoms with Crippen LogP contribution >= 0.6 is 24.8 Å². The van der Waals surface area contributed by atoms with Gasteiger partial charge >= 0.3 is 0 Å². The first-order valence-electron chi connectivity index (χ1n) is 7.99. The van der Waals surface area contributed by atoms with Crippen LogP contribution in [0.15, 0.2) is 24.3 Å². The molecule has 4 nitrogen and oxygen atoms in total. The molecular formula is C17H31Cl2N3O. The van der Waals surface area contributed by atoms with Crippen molar-refractivity contribution in [2.24, 2.45) is 0 Å². The fourth-order valence-electron chi connectivity index (χ4n) is 2.38. The van der Waals surface area contributed by atoms with Crippen LogP contribution in [0.25, 0.3) is 0 Å². The predicted molar refractivity (Wildman–Crippen MR) is 104 cm³/mol. The summed E-state index contributed by atoms with van der Waals surface area (Å²) in [6.45, 7) is 8.51. The van der Waals surface area contributed by atoms with Crippen LogP contribution in [-0.4, -0.2) is 37.0 Å². The van der Waals surface area contributed by atoms with Crippen LogP contribution in [-0.2, 0) is 11.2 Å². The number of hydrogen-bond donors (Lipinski definition) is 2. The Bertz CT molecular complexity index is 407. The normalized spacial score (nSPS) is 9.87. The molecule has 0 radical (unpaired) electrons. The van der Waals surface area contributed by atoms with Crippen molar-refractivity contribution in [2.45, 2.75) is 39.5 Å². The van der Waals surface area contributed by atoms with Crippen LogP contribution < -0.4 is 11.1 Å². The van der Waals surface area contributed by atoms with Crippen LogP contribution in [0.3, 0.4) is 0 Å². The first kappa shape index (κ1) is 24.3. The Hall–Kier alpha value is -0.970. The van der Waals surface area contributed by atoms with Crippen molar-refractivity contribution >= 4 is 36.4 Å². The molecule has 0 fully saturated rings. The molecule has 0 unspecified atom stereocenters. The molecule has 0 aliphatic rings. The number of nitrogens with one attached hydrogen (secondary N) is 1. The van der Waals surface area contributed by atoms with Crippen molar-refractivity contribution in [1.29, 1.82) is 0 Å². The summed E-state index contributed by atoms with van der Waals surface area (Å²) in [6.07, 6.45) is 3.80. The maximum absolute atomic E-state index is 11.8. The highest BCUT2D eigenvalue weighted by atomic mass is 35.5. The minimum atomic E-state index is 0. The molecule has 0 spiro atoms. The number of carbonyl (C=O) groups is 1. The number of benzene rings is 1. The molecule has 0 saturated heterocycles. The van der Waals surface area contributed by atoms with E-state index in [1.165, 1.54) is 12.8 Å². The van der Waals surface area contributed by atoms with Crippen molar-refractivity contribution in [2.75, 3.05) is 31.9 Å². The van der Waals surface area contributed by atoms with E-state index >= 15 is 0 Å². The Morgan fingerprint density at radius 3 is 2.13 bits per heavy atom. The molecule has 1 aromatic carbocycles. The number of nitrogen functional groups attached to an aromatic ring is 1. The fraction of sp³-hybridized carbons (Fsp3) is 0.588. The Kier molecular flexibility index (Phi) is 15.4. The van der Waals surface area contributed by atoms with Crippen molar-refractivity contribution in [3.05, 3.63) is 29.8 Å². The smallest absolute Gasteiger partial charge is 0.224 e. The van der Waals surface area contributed by atoms with Gasteiger partial charge in [0.15, 0.2) is 0 Å². The summed E-state index contributed by atoms with van der Waals surface area (Å²) in [5, 5.41) is 2.99. The van der Waals surface area contributed by atoms with Gasteiger partial charge in [-0.25, -0.2) is 0 Å². The zero-order chi connectivity index (χ0) is 15.5. The van der Waals surface area contributed by atoms with Gasteiger partial charge in [-0.1, -0.05) is 26.0 Å². The minimum Gasteiger partial charge on any atom is -0.399 e. The molecule has 0 bridgehead atoms. The molecule has 0 aliphatic carbocycles. The van der Waals surface area contributed by atoms with Gasteiger partial charge in [-0.05, 0) is 56.6 Å². The lowest BCUT2D eigenvalue weighted by atomic mass is 10.1. The van der Waals surface area contributed by atoms with E-state index in [2.05, 4.69) is 24.1 Å². The van der Waals surface area contributed by atoms with E-state index in [4.69, 9.17) is 5.73 Å². The van der Waals surface area contributed by atoms with Gasteiger partial charge in [0.05, 0.1) is 6.42 Å². The van der Waals surface area contributed by atoms with Crippen molar-refractivity contribution in [3.63, 3.8) is 0 Å². The largest absolute Gasteiger partial charge is 0.399 e. The molecular weight excluding hydrogens is 333 g/mol. The number of anilines is 1. The van der Waals surface area contributed by atoms with Gasteiger partial charge in [-0.2, -0.15) is 0 Å². The summed E-state index contributed by atoms with van der Waals surface area (Å²) in [5.41, 5.74) is 7.36. The van der Waals surface area contributed by atoms with Gasteiger partial charge in [-0.3, -0.25) is 4.79 Å². The van der Waals surface area contributed by atoms with Crippen LogP contribution in [0.2, 0.25) is 0 Å². The second-order valence-corrected chi connectivity index (χ2v) is 5.46. The number of hydrogen-bond acceptors (Lipinski definition) is 3. The Labute approximate surface area is 153 Å². The second-order valence-electron chi connectivity index (χ2n) is 5.46. The predicted octanol–water partition coefficient (Wildman–Crippen LogP) is 3.28. The lowest BCUT2D eigenvalue weighted by Gasteiger charge is -2.20. The third kappa shape index (κ3) is 11.2. The SMILES string of the molecule is CCCN(CCC)CCCNC(=O)Cc1ccc(N)cc1.Cl.Cl. The summed E-state index contributed by atoms with van der Waals surface area (Å²) < 4.78 is 0. The second kappa shape index (κ2) is 14.6. The zero-order valence-electron chi connectivity index (χ0n) is 14.2. The molecule has 134 valence electrons. The third-order valence-corrected chi connectivity index (χ3v) is 3.40. The zero-order valence-corrected chi connectivity index (χ0v) is 15.8. The van der Waals surface area contributed by atoms with E-state index in [-0.39, 0.29) is 30.7 Å². The summed E-state index contributed by atoms with van der Waals surface area (Å²) in [5.74, 6) is 0.0808. The van der Waals surface area contributed by atoms with E-state index < -0.39 is 0 Å². The number of halogens is 2. The van der Waals surface area contributed by atoms with Crippen LogP contribution in [0, 0.1) is 0 Å². The van der Waals surface area contributed by atoms with Crippen LogP contribution in [0.1, 0.15) is 38.7 Å².